The molecule has 4 aromatic carbocycles. The van der Waals surface area contributed by atoms with Gasteiger partial charge in [0.15, 0.2) is 17.2 Å². The molecule has 0 spiro atoms. The molecule has 0 saturated heterocycles. The number of nitriles is 1. The van der Waals surface area contributed by atoms with Gasteiger partial charge in [-0.05, 0) is 66.9 Å². The van der Waals surface area contributed by atoms with Gasteiger partial charge in [-0.3, -0.25) is 0 Å². The van der Waals surface area contributed by atoms with Crippen molar-refractivity contribution in [2.45, 2.75) is 39.2 Å². The number of nitrogens with zero attached hydrogens (tertiary/aromatic N) is 1. The van der Waals surface area contributed by atoms with E-state index in [1.54, 1.807) is 36.4 Å². The molecule has 1 unspecified atom stereocenters. The largest absolute Gasteiger partial charge is 0.490 e. The molecule has 0 radical (unpaired) electrons. The standard InChI is InChI=1S/C36H31Cl3N2O6/c1-3-5-14-44-34-28(38)15-23(16-29(34)39)36(42)46-25-11-12-26-31(18-25)47-35(41)27(19-40)33(26)22-8-13-30(32(17-22)43-4-2)45-20-21-6-9-24(37)10-7-21/h6-13,15-18,33H,3-5,14,20,41H2,1-2H3. The Bertz CT molecular complexity index is 1830. The summed E-state index contributed by atoms with van der Waals surface area (Å²) < 4.78 is 29.1. The number of carbonyl (C=O) groups excluding carboxylic acids is 1. The maximum atomic E-state index is 13.1. The number of halogens is 3. The second kappa shape index (κ2) is 15.4. The first-order valence-electron chi connectivity index (χ1n) is 14.9. The molecular weight excluding hydrogens is 663 g/mol. The lowest BCUT2D eigenvalue weighted by Crippen LogP contribution is -2.21. The zero-order valence-corrected chi connectivity index (χ0v) is 27.9. The highest BCUT2D eigenvalue weighted by atomic mass is 35.5. The summed E-state index contributed by atoms with van der Waals surface area (Å²) >= 11 is 18.7. The lowest BCUT2D eigenvalue weighted by molar-refractivity contribution is 0.0734. The highest BCUT2D eigenvalue weighted by Crippen LogP contribution is 2.45. The van der Waals surface area contributed by atoms with Gasteiger partial charge in [0.2, 0.25) is 5.88 Å². The van der Waals surface area contributed by atoms with Crippen LogP contribution < -0.4 is 29.4 Å². The van der Waals surface area contributed by atoms with E-state index in [9.17, 15) is 10.1 Å². The summed E-state index contributed by atoms with van der Waals surface area (Å²) in [5, 5.41) is 11.1. The molecule has 0 fully saturated rings. The fourth-order valence-electron chi connectivity index (χ4n) is 4.98. The Balaban J connectivity index is 1.40. The van der Waals surface area contributed by atoms with E-state index in [-0.39, 0.29) is 32.8 Å². The molecule has 2 N–H and O–H groups in total. The summed E-state index contributed by atoms with van der Waals surface area (Å²) in [5.41, 5.74) is 8.92. The monoisotopic (exact) mass is 692 g/mol. The van der Waals surface area contributed by atoms with Crippen LogP contribution in [0.15, 0.2) is 84.3 Å². The molecule has 0 amide bonds. The maximum Gasteiger partial charge on any atom is 0.343 e. The molecular formula is C36H31Cl3N2O6. The first kappa shape index (κ1) is 33.8. The number of ether oxygens (including phenoxy) is 5. The maximum absolute atomic E-state index is 13.1. The zero-order chi connectivity index (χ0) is 33.5. The van der Waals surface area contributed by atoms with Crippen LogP contribution in [0.3, 0.4) is 0 Å². The number of hydrogen-bond acceptors (Lipinski definition) is 8. The van der Waals surface area contributed by atoms with Crippen molar-refractivity contribution in [1.29, 1.82) is 5.26 Å². The Labute approximate surface area is 288 Å². The Morgan fingerprint density at radius 2 is 1.66 bits per heavy atom. The highest BCUT2D eigenvalue weighted by Gasteiger charge is 2.32. The molecule has 8 nitrogen and oxygen atoms in total. The van der Waals surface area contributed by atoms with Crippen LogP contribution in [0, 0.1) is 11.3 Å². The Hall–Kier alpha value is -4.55. The predicted octanol–water partition coefficient (Wildman–Crippen LogP) is 9.24. The van der Waals surface area contributed by atoms with E-state index in [1.807, 2.05) is 38.1 Å². The Morgan fingerprint density at radius 3 is 2.34 bits per heavy atom. The predicted molar refractivity (Wildman–Crippen MR) is 181 cm³/mol. The molecule has 1 aliphatic heterocycles. The number of rotatable bonds is 12. The quantitative estimate of drug-likeness (QED) is 0.0888. The van der Waals surface area contributed by atoms with Gasteiger partial charge < -0.3 is 29.4 Å². The van der Waals surface area contributed by atoms with Crippen LogP contribution in [0.4, 0.5) is 0 Å². The van der Waals surface area contributed by atoms with Gasteiger partial charge in [-0.15, -0.1) is 0 Å². The van der Waals surface area contributed by atoms with Crippen molar-refractivity contribution in [1.82, 2.24) is 0 Å². The van der Waals surface area contributed by atoms with Gasteiger partial charge in [0.05, 0.1) is 34.7 Å². The number of unbranched alkanes of at least 4 members (excludes halogenated alkanes) is 1. The topological polar surface area (TPSA) is 113 Å². The molecule has 47 heavy (non-hydrogen) atoms. The minimum atomic E-state index is -0.682. The number of esters is 1. The van der Waals surface area contributed by atoms with Crippen LogP contribution in [0.5, 0.6) is 28.7 Å². The smallest absolute Gasteiger partial charge is 0.343 e. The molecule has 5 rings (SSSR count). The van der Waals surface area contributed by atoms with Gasteiger partial charge in [0.25, 0.3) is 0 Å². The zero-order valence-electron chi connectivity index (χ0n) is 25.6. The van der Waals surface area contributed by atoms with Gasteiger partial charge >= 0.3 is 5.97 Å². The summed E-state index contributed by atoms with van der Waals surface area (Å²) in [6, 6.07) is 22.8. The fourth-order valence-corrected chi connectivity index (χ4v) is 5.70. The Morgan fingerprint density at radius 1 is 0.915 bits per heavy atom. The third-order valence-corrected chi connectivity index (χ3v) is 8.10. The van der Waals surface area contributed by atoms with Crippen molar-refractivity contribution in [3.8, 4) is 34.8 Å². The van der Waals surface area contributed by atoms with Crippen LogP contribution in [0.2, 0.25) is 15.1 Å². The first-order valence-corrected chi connectivity index (χ1v) is 16.0. The third-order valence-electron chi connectivity index (χ3n) is 7.29. The lowest BCUT2D eigenvalue weighted by Gasteiger charge is -2.27. The van der Waals surface area contributed by atoms with Gasteiger partial charge in [-0.25, -0.2) is 4.79 Å². The van der Waals surface area contributed by atoms with E-state index in [0.717, 1.165) is 24.0 Å². The molecule has 0 aromatic heterocycles. The average molecular weight is 694 g/mol. The SMILES string of the molecule is CCCCOc1c(Cl)cc(C(=O)Oc2ccc3c(c2)OC(N)=C(C#N)C3c2ccc(OCc3ccc(Cl)cc3)c(OCC)c2)cc1Cl. The summed E-state index contributed by atoms with van der Waals surface area (Å²) in [5.74, 6) is 0.547. The highest BCUT2D eigenvalue weighted by molar-refractivity contribution is 6.37. The van der Waals surface area contributed by atoms with Crippen LogP contribution in [0.1, 0.15) is 59.7 Å². The van der Waals surface area contributed by atoms with Gasteiger partial charge in [0, 0.05) is 16.7 Å². The number of fused-ring (bicyclic) bond motifs is 1. The van der Waals surface area contributed by atoms with Gasteiger partial charge in [0.1, 0.15) is 29.7 Å². The number of nitrogens with two attached hydrogens (primary N) is 1. The van der Waals surface area contributed by atoms with Crippen molar-refractivity contribution < 1.29 is 28.5 Å². The minimum absolute atomic E-state index is 0.0632. The molecule has 1 aliphatic rings. The van der Waals surface area contributed by atoms with Crippen molar-refractivity contribution in [2.75, 3.05) is 13.2 Å². The van der Waals surface area contributed by atoms with E-state index < -0.39 is 11.9 Å². The van der Waals surface area contributed by atoms with Crippen LogP contribution in [-0.4, -0.2) is 19.2 Å². The second-order valence-electron chi connectivity index (χ2n) is 10.5. The summed E-state index contributed by atoms with van der Waals surface area (Å²) in [4.78, 5) is 13.1. The van der Waals surface area contributed by atoms with E-state index >= 15 is 0 Å². The molecule has 0 saturated carbocycles. The van der Waals surface area contributed by atoms with Crippen molar-refractivity contribution in [3.63, 3.8) is 0 Å². The van der Waals surface area contributed by atoms with E-state index in [0.29, 0.717) is 53.4 Å². The van der Waals surface area contributed by atoms with Crippen molar-refractivity contribution in [3.05, 3.63) is 122 Å². The van der Waals surface area contributed by atoms with Crippen molar-refractivity contribution in [2.24, 2.45) is 5.73 Å². The molecule has 4 aromatic rings. The lowest BCUT2D eigenvalue weighted by atomic mass is 9.83. The van der Waals surface area contributed by atoms with E-state index in [2.05, 4.69) is 6.07 Å². The van der Waals surface area contributed by atoms with Crippen molar-refractivity contribution >= 4 is 40.8 Å². The van der Waals surface area contributed by atoms with E-state index in [4.69, 9.17) is 64.2 Å². The molecule has 242 valence electrons. The number of benzene rings is 4. The van der Waals surface area contributed by atoms with Crippen LogP contribution in [-0.2, 0) is 6.61 Å². The number of allylic oxidation sites excluding steroid dienone is 1. The van der Waals surface area contributed by atoms with Gasteiger partial charge in [-0.2, -0.15) is 5.26 Å². The molecule has 0 aliphatic carbocycles. The molecule has 0 bridgehead atoms. The van der Waals surface area contributed by atoms with Crippen LogP contribution in [0.25, 0.3) is 0 Å². The summed E-state index contributed by atoms with van der Waals surface area (Å²) in [7, 11) is 0. The Kier molecular flexibility index (Phi) is 11.0. The summed E-state index contributed by atoms with van der Waals surface area (Å²) in [6.45, 7) is 5.08. The fraction of sp³-hybridized carbons (Fsp3) is 0.222. The summed E-state index contributed by atoms with van der Waals surface area (Å²) in [6.07, 6.45) is 1.79. The molecule has 1 heterocycles. The number of hydrogen-bond donors (Lipinski definition) is 1. The van der Waals surface area contributed by atoms with Gasteiger partial charge in [-0.1, -0.05) is 72.4 Å². The normalized spacial score (nSPS) is 13.7. The van der Waals surface area contributed by atoms with E-state index in [1.165, 1.54) is 12.1 Å². The van der Waals surface area contributed by atoms with Crippen LogP contribution >= 0.6 is 34.8 Å². The molecule has 11 heteroatoms. The average Bonchev–Trinajstić information content (AvgIpc) is 3.05. The first-order chi connectivity index (χ1) is 22.7. The number of carbonyl (C=O) groups is 1. The minimum Gasteiger partial charge on any atom is -0.490 e. The third kappa shape index (κ3) is 7.88. The molecule has 1 atom stereocenters. The second-order valence-corrected chi connectivity index (χ2v) is 11.8.